The molecule has 134 valence electrons. The lowest BCUT2D eigenvalue weighted by Gasteiger charge is -2.22. The van der Waals surface area contributed by atoms with Crippen molar-refractivity contribution in [2.45, 2.75) is 59.0 Å². The zero-order valence-corrected chi connectivity index (χ0v) is 16.0. The van der Waals surface area contributed by atoms with Gasteiger partial charge in [0.1, 0.15) is 0 Å². The third-order valence-electron chi connectivity index (χ3n) is 4.28. The third kappa shape index (κ3) is 6.88. The number of ether oxygens (including phenoxy) is 2. The van der Waals surface area contributed by atoms with Crippen molar-refractivity contribution >= 4 is 14.8 Å². The van der Waals surface area contributed by atoms with Gasteiger partial charge < -0.3 is 19.1 Å². The molecule has 0 amide bonds. The fourth-order valence-electron chi connectivity index (χ4n) is 2.69. The third-order valence-corrected chi connectivity index (χ3v) is 5.38. The molecule has 2 unspecified atom stereocenters. The molecule has 0 saturated carbocycles. The maximum Gasteiger partial charge on any atom is 0.306 e. The molecule has 0 radical (unpaired) electrons. The van der Waals surface area contributed by atoms with Crippen LogP contribution in [0.15, 0.2) is 12.2 Å². The van der Waals surface area contributed by atoms with E-state index in [1.807, 2.05) is 13.8 Å². The fraction of sp³-hybridized carbons (Fsp3) is 0.824. The molecule has 1 saturated heterocycles. The van der Waals surface area contributed by atoms with Crippen molar-refractivity contribution in [2.75, 3.05) is 13.3 Å². The molecule has 5 nitrogen and oxygen atoms in total. The summed E-state index contributed by atoms with van der Waals surface area (Å²) >= 11 is 0. The number of rotatable bonds is 9. The van der Waals surface area contributed by atoms with Crippen LogP contribution in [-0.4, -0.2) is 42.3 Å². The zero-order chi connectivity index (χ0) is 17.6. The molecule has 23 heavy (non-hydrogen) atoms. The number of carboxylic acids is 1. The van der Waals surface area contributed by atoms with Crippen LogP contribution >= 0.6 is 8.81 Å². The van der Waals surface area contributed by atoms with Gasteiger partial charge in [-0.25, -0.2) is 0 Å². The Morgan fingerprint density at radius 1 is 1.30 bits per heavy atom. The SMILES string of the molecule is COPC[C@H](C)[C@@H](C)/C=C\C(C)[C@H]1OC(C)(C)O[C@H]1CC(=O)O. The largest absolute Gasteiger partial charge is 0.481 e. The minimum atomic E-state index is -0.861. The second-order valence-corrected chi connectivity index (χ2v) is 7.97. The summed E-state index contributed by atoms with van der Waals surface area (Å²) in [5.41, 5.74) is 0. The molecule has 0 aromatic heterocycles. The van der Waals surface area contributed by atoms with Crippen molar-refractivity contribution in [3.63, 3.8) is 0 Å². The van der Waals surface area contributed by atoms with E-state index >= 15 is 0 Å². The maximum atomic E-state index is 11.0. The number of hydrogen-bond acceptors (Lipinski definition) is 4. The number of carbonyl (C=O) groups is 1. The van der Waals surface area contributed by atoms with Crippen LogP contribution in [0.25, 0.3) is 0 Å². The van der Waals surface area contributed by atoms with Crippen molar-refractivity contribution in [1.82, 2.24) is 0 Å². The van der Waals surface area contributed by atoms with E-state index in [9.17, 15) is 4.79 Å². The average molecular weight is 346 g/mol. The van der Waals surface area contributed by atoms with Gasteiger partial charge in [-0.15, -0.1) is 0 Å². The lowest BCUT2D eigenvalue weighted by atomic mass is 9.92. The molecule has 0 aromatic carbocycles. The summed E-state index contributed by atoms with van der Waals surface area (Å²) in [5, 5.41) is 9.05. The Kier molecular flexibility index (Phi) is 8.15. The number of carboxylic acid groups (broad SMARTS) is 1. The van der Waals surface area contributed by atoms with Crippen LogP contribution in [0.1, 0.15) is 41.0 Å². The van der Waals surface area contributed by atoms with Gasteiger partial charge in [-0.2, -0.15) is 0 Å². The van der Waals surface area contributed by atoms with Gasteiger partial charge in [0.05, 0.1) is 18.6 Å². The minimum absolute atomic E-state index is 0.0345. The molecule has 1 rings (SSSR count). The summed E-state index contributed by atoms with van der Waals surface area (Å²) in [7, 11) is 2.27. The molecule has 0 bridgehead atoms. The minimum Gasteiger partial charge on any atom is -0.481 e. The standard InChI is InChI=1S/C17H31O5P/c1-11(13(3)10-23-20-6)7-8-12(2)16-14(9-15(18)19)21-17(4,5)22-16/h7-8,11-14,16,23H,9-10H2,1-6H3,(H,18,19)/b8-7-/t11-,12?,13-,14-,16+/m0/s1. The van der Waals surface area contributed by atoms with Gasteiger partial charge in [0, 0.05) is 21.8 Å². The van der Waals surface area contributed by atoms with E-state index in [0.717, 1.165) is 6.16 Å². The highest BCUT2D eigenvalue weighted by atomic mass is 31.1. The highest BCUT2D eigenvalue weighted by Gasteiger charge is 2.44. The van der Waals surface area contributed by atoms with Gasteiger partial charge >= 0.3 is 5.97 Å². The van der Waals surface area contributed by atoms with E-state index in [4.69, 9.17) is 19.1 Å². The topological polar surface area (TPSA) is 65.0 Å². The van der Waals surface area contributed by atoms with Gasteiger partial charge in [0.25, 0.3) is 0 Å². The van der Waals surface area contributed by atoms with Gasteiger partial charge in [0.2, 0.25) is 0 Å². The van der Waals surface area contributed by atoms with Crippen LogP contribution in [0, 0.1) is 17.8 Å². The molecule has 1 aliphatic rings. The van der Waals surface area contributed by atoms with Gasteiger partial charge in [-0.3, -0.25) is 4.79 Å². The van der Waals surface area contributed by atoms with E-state index in [0.29, 0.717) is 20.6 Å². The van der Waals surface area contributed by atoms with Gasteiger partial charge in [0.15, 0.2) is 5.79 Å². The van der Waals surface area contributed by atoms with E-state index in [1.54, 1.807) is 7.11 Å². The number of allylic oxidation sites excluding steroid dienone is 1. The molecule has 6 heteroatoms. The molecule has 1 fully saturated rings. The summed E-state index contributed by atoms with van der Waals surface area (Å²) < 4.78 is 16.8. The van der Waals surface area contributed by atoms with Crippen LogP contribution < -0.4 is 0 Å². The molecule has 1 heterocycles. The lowest BCUT2D eigenvalue weighted by Crippen LogP contribution is -2.30. The van der Waals surface area contributed by atoms with Gasteiger partial charge in [-0.1, -0.05) is 32.9 Å². The highest BCUT2D eigenvalue weighted by Crippen LogP contribution is 2.34. The summed E-state index contributed by atoms with van der Waals surface area (Å²) in [5.74, 6) is -0.511. The smallest absolute Gasteiger partial charge is 0.306 e. The van der Waals surface area contributed by atoms with Crippen molar-refractivity contribution in [1.29, 1.82) is 0 Å². The fourth-order valence-corrected chi connectivity index (χ4v) is 3.49. The van der Waals surface area contributed by atoms with Crippen molar-refractivity contribution in [3.8, 4) is 0 Å². The summed E-state index contributed by atoms with van der Waals surface area (Å²) in [6.45, 7) is 10.1. The lowest BCUT2D eigenvalue weighted by molar-refractivity contribution is -0.153. The predicted octanol–water partition coefficient (Wildman–Crippen LogP) is 3.69. The first-order valence-electron chi connectivity index (χ1n) is 8.18. The van der Waals surface area contributed by atoms with E-state index in [2.05, 4.69) is 32.9 Å². The molecule has 1 N–H and O–H groups in total. The van der Waals surface area contributed by atoms with E-state index in [1.165, 1.54) is 0 Å². The Balaban J connectivity index is 2.65. The Bertz CT molecular complexity index is 410. The molecule has 0 aliphatic carbocycles. The average Bonchev–Trinajstić information content (AvgIpc) is 2.75. The van der Waals surface area contributed by atoms with Crippen LogP contribution in [0.4, 0.5) is 0 Å². The molecule has 1 aliphatic heterocycles. The first-order valence-corrected chi connectivity index (χ1v) is 9.29. The van der Waals surface area contributed by atoms with Crippen molar-refractivity contribution in [2.24, 2.45) is 17.8 Å². The normalized spacial score (nSPS) is 28.4. The Morgan fingerprint density at radius 2 is 1.96 bits per heavy atom. The Hall–Kier alpha value is -0.480. The molecular weight excluding hydrogens is 315 g/mol. The quantitative estimate of drug-likeness (QED) is 0.509. The molecule has 6 atom stereocenters. The van der Waals surface area contributed by atoms with Crippen LogP contribution in [0.5, 0.6) is 0 Å². The van der Waals surface area contributed by atoms with Gasteiger partial charge in [-0.05, 0) is 31.8 Å². The summed E-state index contributed by atoms with van der Waals surface area (Å²) in [6, 6.07) is 0. The summed E-state index contributed by atoms with van der Waals surface area (Å²) in [6.07, 6.45) is 4.69. The van der Waals surface area contributed by atoms with Crippen molar-refractivity contribution in [3.05, 3.63) is 12.2 Å². The molecule has 0 aromatic rings. The Labute approximate surface area is 141 Å². The second-order valence-electron chi connectivity index (χ2n) is 6.87. The molecular formula is C17H31O5P. The second kappa shape index (κ2) is 9.12. The predicted molar refractivity (Wildman–Crippen MR) is 92.9 cm³/mol. The van der Waals surface area contributed by atoms with Crippen molar-refractivity contribution < 1.29 is 23.9 Å². The van der Waals surface area contributed by atoms with E-state index < -0.39 is 17.9 Å². The first kappa shape index (κ1) is 20.6. The van der Waals surface area contributed by atoms with Crippen LogP contribution in [0.2, 0.25) is 0 Å². The zero-order valence-electron chi connectivity index (χ0n) is 15.0. The van der Waals surface area contributed by atoms with Crippen LogP contribution in [-0.2, 0) is 18.8 Å². The highest BCUT2D eigenvalue weighted by molar-refractivity contribution is 7.32. The monoisotopic (exact) mass is 346 g/mol. The first-order chi connectivity index (χ1) is 10.7. The number of hydrogen-bond donors (Lipinski definition) is 1. The molecule has 0 spiro atoms. The maximum absolute atomic E-state index is 11.0. The number of aliphatic carboxylic acids is 1. The van der Waals surface area contributed by atoms with E-state index in [-0.39, 0.29) is 18.4 Å². The Morgan fingerprint density at radius 3 is 2.52 bits per heavy atom. The van der Waals surface area contributed by atoms with Crippen LogP contribution in [0.3, 0.4) is 0 Å². The summed E-state index contributed by atoms with van der Waals surface area (Å²) in [4.78, 5) is 11.0.